The van der Waals surface area contributed by atoms with Gasteiger partial charge in [-0.2, -0.15) is 0 Å². The van der Waals surface area contributed by atoms with E-state index in [0.717, 1.165) is 66.6 Å². The fraction of sp³-hybridized carbons (Fsp3) is 0.936. The van der Waals surface area contributed by atoms with Crippen LogP contribution in [0.1, 0.15) is 215 Å². The minimum atomic E-state index is 0.0816. The zero-order valence-corrected chi connectivity index (χ0v) is 34.1. The van der Waals surface area contributed by atoms with Gasteiger partial charge in [-0.05, 0) is 154 Å². The number of carbonyl (C=O) groups is 1. The molecular weight excluding hydrogens is 597 g/mol. The van der Waals surface area contributed by atoms with Crippen LogP contribution in [0.4, 0.5) is 0 Å². The van der Waals surface area contributed by atoms with E-state index in [2.05, 4.69) is 60.6 Å². The summed E-state index contributed by atoms with van der Waals surface area (Å²) in [5.74, 6) is 7.17. The highest BCUT2D eigenvalue weighted by molar-refractivity contribution is 5.69. The molecule has 0 aromatic heterocycles. The molecule has 0 saturated heterocycles. The van der Waals surface area contributed by atoms with Crippen LogP contribution >= 0.6 is 0 Å². The van der Waals surface area contributed by atoms with Crippen LogP contribution in [-0.4, -0.2) is 12.1 Å². The van der Waals surface area contributed by atoms with E-state index in [4.69, 9.17) is 4.74 Å². The second kappa shape index (κ2) is 20.5. The molecule has 0 amide bonds. The highest BCUT2D eigenvalue weighted by Gasteiger charge is 2.60. The summed E-state index contributed by atoms with van der Waals surface area (Å²) in [6.45, 7) is 17.6. The van der Waals surface area contributed by atoms with E-state index in [0.29, 0.717) is 17.3 Å². The molecule has 0 spiro atoms. The normalized spacial score (nSPS) is 34.0. The standard InChI is InChI=1S/C47H84O2/c1-8-10-11-12-13-14-15-16-17-18-19-20-21-22-23-24-45(48)49-40-31-33-46(6)39(35-40)27-28-41-43-30-29-42(47(43,7)34-32-44(41)46)37(5)25-26-38(9-2)36(3)4/h16-17,36-44H,8-15,18-35H2,1-7H3/b17-16+/t37-,38-,39+,40+,41+,42-,43+,44+,46+,47-/m1/s1. The maximum absolute atomic E-state index is 12.9. The lowest BCUT2D eigenvalue weighted by atomic mass is 9.44. The monoisotopic (exact) mass is 681 g/mol. The Bertz CT molecular complexity index is 967. The van der Waals surface area contributed by atoms with Gasteiger partial charge in [-0.3, -0.25) is 4.79 Å². The van der Waals surface area contributed by atoms with Crippen LogP contribution in [0.5, 0.6) is 0 Å². The molecule has 4 aliphatic carbocycles. The van der Waals surface area contributed by atoms with Crippen molar-refractivity contribution >= 4 is 5.97 Å². The Kier molecular flexibility index (Phi) is 17.1. The molecule has 0 heterocycles. The molecule has 4 saturated carbocycles. The second-order valence-electron chi connectivity index (χ2n) is 19.1. The minimum Gasteiger partial charge on any atom is -0.462 e. The van der Waals surface area contributed by atoms with Gasteiger partial charge in [-0.25, -0.2) is 0 Å². The number of hydrogen-bond acceptors (Lipinski definition) is 2. The van der Waals surface area contributed by atoms with Gasteiger partial charge in [-0.15, -0.1) is 0 Å². The first kappa shape index (κ1) is 41.0. The van der Waals surface area contributed by atoms with Crippen molar-refractivity contribution in [1.29, 1.82) is 0 Å². The lowest BCUT2D eigenvalue weighted by Crippen LogP contribution is -2.54. The van der Waals surface area contributed by atoms with E-state index in [9.17, 15) is 4.79 Å². The number of unbranched alkanes of at least 4 members (excludes halogenated alkanes) is 11. The average Bonchev–Trinajstić information content (AvgIpc) is 3.44. The molecule has 49 heavy (non-hydrogen) atoms. The molecule has 2 nitrogen and oxygen atoms in total. The zero-order valence-electron chi connectivity index (χ0n) is 34.1. The summed E-state index contributed by atoms with van der Waals surface area (Å²) in [5, 5.41) is 0. The van der Waals surface area contributed by atoms with Crippen LogP contribution in [0.3, 0.4) is 0 Å². The molecule has 0 aliphatic heterocycles. The van der Waals surface area contributed by atoms with Crippen LogP contribution in [0, 0.1) is 58.2 Å². The molecule has 0 bridgehead atoms. The molecule has 4 fully saturated rings. The Morgan fingerprint density at radius 2 is 1.35 bits per heavy atom. The maximum atomic E-state index is 12.9. The van der Waals surface area contributed by atoms with Crippen molar-refractivity contribution in [2.45, 2.75) is 222 Å². The van der Waals surface area contributed by atoms with Crippen LogP contribution in [0.15, 0.2) is 12.2 Å². The van der Waals surface area contributed by atoms with Crippen molar-refractivity contribution in [2.24, 2.45) is 58.2 Å². The third-order valence-electron chi connectivity index (χ3n) is 15.8. The van der Waals surface area contributed by atoms with Gasteiger partial charge in [0, 0.05) is 6.42 Å². The summed E-state index contributed by atoms with van der Waals surface area (Å²) >= 11 is 0. The zero-order chi connectivity index (χ0) is 35.3. The van der Waals surface area contributed by atoms with Gasteiger partial charge >= 0.3 is 5.97 Å². The quantitative estimate of drug-likeness (QED) is 0.0646. The Morgan fingerprint density at radius 1 is 0.714 bits per heavy atom. The molecule has 284 valence electrons. The Balaban J connectivity index is 1.11. The predicted octanol–water partition coefficient (Wildman–Crippen LogP) is 14.7. The maximum Gasteiger partial charge on any atom is 0.306 e. The van der Waals surface area contributed by atoms with E-state index < -0.39 is 0 Å². The predicted molar refractivity (Wildman–Crippen MR) is 212 cm³/mol. The van der Waals surface area contributed by atoms with Gasteiger partial charge in [0.05, 0.1) is 0 Å². The van der Waals surface area contributed by atoms with Gasteiger partial charge in [-0.1, -0.05) is 125 Å². The van der Waals surface area contributed by atoms with Crippen LogP contribution in [-0.2, 0) is 9.53 Å². The van der Waals surface area contributed by atoms with Crippen molar-refractivity contribution < 1.29 is 9.53 Å². The van der Waals surface area contributed by atoms with Crippen molar-refractivity contribution in [3.8, 4) is 0 Å². The molecule has 0 aromatic rings. The first-order chi connectivity index (χ1) is 23.6. The lowest BCUT2D eigenvalue weighted by molar-refractivity contribution is -0.162. The Labute approximate surface area is 306 Å². The summed E-state index contributed by atoms with van der Waals surface area (Å²) in [5.41, 5.74) is 1.03. The second-order valence-corrected chi connectivity index (χ2v) is 19.1. The topological polar surface area (TPSA) is 26.3 Å². The Morgan fingerprint density at radius 3 is 2.02 bits per heavy atom. The molecule has 4 rings (SSSR count). The number of fused-ring (bicyclic) bond motifs is 5. The van der Waals surface area contributed by atoms with Gasteiger partial charge in [0.2, 0.25) is 0 Å². The SMILES string of the molecule is CCCCCCCC/C=C/CCCCCCCC(=O)O[C@H]1CC[C@@]2(C)[C@@H](CC[C@@H]3[C@@H]2CC[C@]2(C)[C@@H]([C@H](C)CC[C@@H](CC)C(C)C)CC[C@@H]32)C1. The van der Waals surface area contributed by atoms with Crippen molar-refractivity contribution in [2.75, 3.05) is 0 Å². The minimum absolute atomic E-state index is 0.0816. The van der Waals surface area contributed by atoms with Gasteiger partial charge < -0.3 is 4.74 Å². The van der Waals surface area contributed by atoms with Crippen molar-refractivity contribution in [3.63, 3.8) is 0 Å². The van der Waals surface area contributed by atoms with E-state index in [-0.39, 0.29) is 12.1 Å². The number of allylic oxidation sites excluding steroid dienone is 2. The third kappa shape index (κ3) is 11.1. The highest BCUT2D eigenvalue weighted by atomic mass is 16.5. The smallest absolute Gasteiger partial charge is 0.306 e. The number of esters is 1. The average molecular weight is 681 g/mol. The highest BCUT2D eigenvalue weighted by Crippen LogP contribution is 2.68. The fourth-order valence-electron chi connectivity index (χ4n) is 12.6. The van der Waals surface area contributed by atoms with Crippen LogP contribution in [0.25, 0.3) is 0 Å². The number of rotatable bonds is 22. The van der Waals surface area contributed by atoms with Gasteiger partial charge in [0.1, 0.15) is 6.10 Å². The van der Waals surface area contributed by atoms with Gasteiger partial charge in [0.25, 0.3) is 0 Å². The van der Waals surface area contributed by atoms with E-state index in [1.54, 1.807) is 0 Å². The number of ether oxygens (including phenoxy) is 1. The third-order valence-corrected chi connectivity index (χ3v) is 15.8. The summed E-state index contributed by atoms with van der Waals surface area (Å²) in [6.07, 6.45) is 38.8. The Hall–Kier alpha value is -0.790. The molecule has 10 atom stereocenters. The van der Waals surface area contributed by atoms with Crippen molar-refractivity contribution in [1.82, 2.24) is 0 Å². The fourth-order valence-corrected chi connectivity index (χ4v) is 12.6. The summed E-state index contributed by atoms with van der Waals surface area (Å²) in [6, 6.07) is 0. The van der Waals surface area contributed by atoms with E-state index in [1.165, 1.54) is 141 Å². The summed E-state index contributed by atoms with van der Waals surface area (Å²) in [4.78, 5) is 12.9. The molecule has 4 aliphatic rings. The molecule has 2 heteroatoms. The molecule has 0 aromatic carbocycles. The number of hydrogen-bond donors (Lipinski definition) is 0. The largest absolute Gasteiger partial charge is 0.462 e. The summed E-state index contributed by atoms with van der Waals surface area (Å²) < 4.78 is 6.18. The number of carbonyl (C=O) groups excluding carboxylic acids is 1. The van der Waals surface area contributed by atoms with Crippen LogP contribution in [0.2, 0.25) is 0 Å². The summed E-state index contributed by atoms with van der Waals surface area (Å²) in [7, 11) is 0. The van der Waals surface area contributed by atoms with E-state index >= 15 is 0 Å². The van der Waals surface area contributed by atoms with Gasteiger partial charge in [0.15, 0.2) is 0 Å². The lowest BCUT2D eigenvalue weighted by Gasteiger charge is -2.61. The molecular formula is C47H84O2. The molecule has 0 radical (unpaired) electrons. The molecule has 0 unspecified atom stereocenters. The van der Waals surface area contributed by atoms with E-state index in [1.807, 2.05) is 0 Å². The molecule has 0 N–H and O–H groups in total. The van der Waals surface area contributed by atoms with Crippen molar-refractivity contribution in [3.05, 3.63) is 12.2 Å². The van der Waals surface area contributed by atoms with Crippen LogP contribution < -0.4 is 0 Å². The first-order valence-corrected chi connectivity index (χ1v) is 22.5. The first-order valence-electron chi connectivity index (χ1n) is 22.5.